The Hall–Kier alpha value is -0.240. The average molecular weight is 319 g/mol. The molecule has 0 radical (unpaired) electrons. The van der Waals surface area contributed by atoms with Crippen molar-refractivity contribution in [1.29, 1.82) is 0 Å². The molecule has 0 aliphatic heterocycles. The van der Waals surface area contributed by atoms with Crippen molar-refractivity contribution in [3.05, 3.63) is 0 Å². The Kier molecular flexibility index (Phi) is 16.0. The molecule has 0 saturated carbocycles. The quantitative estimate of drug-likeness (QED) is 0.203. The summed E-state index contributed by atoms with van der Waals surface area (Å²) in [5.74, 6) is 0.560. The van der Waals surface area contributed by atoms with Crippen molar-refractivity contribution >= 4 is 17.6 Å². The van der Waals surface area contributed by atoms with Gasteiger partial charge in [-0.1, -0.05) is 58.3 Å². The SMILES string of the molecule is CCCCCCCCCCCC(C)OC(=O)CCCCCl. The summed E-state index contributed by atoms with van der Waals surface area (Å²) in [5.41, 5.74) is 0. The second-order valence-electron chi connectivity index (χ2n) is 6.06. The van der Waals surface area contributed by atoms with Gasteiger partial charge >= 0.3 is 5.97 Å². The van der Waals surface area contributed by atoms with Crippen LogP contribution in [0.2, 0.25) is 0 Å². The van der Waals surface area contributed by atoms with Crippen LogP contribution in [0.25, 0.3) is 0 Å². The summed E-state index contributed by atoms with van der Waals surface area (Å²) >= 11 is 5.58. The first-order valence-electron chi connectivity index (χ1n) is 8.96. The first-order chi connectivity index (χ1) is 10.2. The summed E-state index contributed by atoms with van der Waals surface area (Å²) < 4.78 is 5.39. The standard InChI is InChI=1S/C18H35ClO2/c1-3-4-5-6-7-8-9-10-11-14-17(2)21-18(20)15-12-13-16-19/h17H,3-16H2,1-2H3. The van der Waals surface area contributed by atoms with Gasteiger partial charge in [-0.25, -0.2) is 0 Å². The molecule has 0 heterocycles. The number of unbranched alkanes of at least 4 members (excludes halogenated alkanes) is 9. The molecule has 1 atom stereocenters. The van der Waals surface area contributed by atoms with Crippen LogP contribution in [0.15, 0.2) is 0 Å². The van der Waals surface area contributed by atoms with E-state index in [1.807, 2.05) is 6.92 Å². The molecule has 0 aliphatic rings. The monoisotopic (exact) mass is 318 g/mol. The smallest absolute Gasteiger partial charge is 0.306 e. The van der Waals surface area contributed by atoms with Crippen molar-refractivity contribution in [3.8, 4) is 0 Å². The van der Waals surface area contributed by atoms with E-state index in [-0.39, 0.29) is 12.1 Å². The maximum Gasteiger partial charge on any atom is 0.306 e. The molecular weight excluding hydrogens is 284 g/mol. The zero-order valence-corrected chi connectivity index (χ0v) is 14.9. The number of halogens is 1. The zero-order chi connectivity index (χ0) is 15.8. The van der Waals surface area contributed by atoms with Gasteiger partial charge in [-0.3, -0.25) is 4.79 Å². The van der Waals surface area contributed by atoms with Crippen molar-refractivity contribution in [2.24, 2.45) is 0 Å². The fourth-order valence-electron chi connectivity index (χ4n) is 2.45. The fraction of sp³-hybridized carbons (Fsp3) is 0.944. The van der Waals surface area contributed by atoms with Gasteiger partial charge in [-0.15, -0.1) is 11.6 Å². The molecule has 0 aromatic carbocycles. The number of rotatable bonds is 15. The highest BCUT2D eigenvalue weighted by molar-refractivity contribution is 6.17. The molecule has 0 spiro atoms. The average Bonchev–Trinajstić information content (AvgIpc) is 2.45. The molecule has 0 bridgehead atoms. The number of hydrogen-bond donors (Lipinski definition) is 0. The molecule has 0 aromatic heterocycles. The van der Waals surface area contributed by atoms with Gasteiger partial charge in [0, 0.05) is 12.3 Å². The highest BCUT2D eigenvalue weighted by atomic mass is 35.5. The Labute approximate surface area is 137 Å². The number of ether oxygens (including phenoxy) is 1. The molecule has 0 aliphatic carbocycles. The van der Waals surface area contributed by atoms with E-state index in [1.165, 1.54) is 57.8 Å². The minimum Gasteiger partial charge on any atom is -0.463 e. The minimum absolute atomic E-state index is 0.0662. The number of esters is 1. The molecule has 3 heteroatoms. The summed E-state index contributed by atoms with van der Waals surface area (Å²) in [6, 6.07) is 0. The third-order valence-corrected chi connectivity index (χ3v) is 4.08. The van der Waals surface area contributed by atoms with E-state index in [4.69, 9.17) is 16.3 Å². The maximum atomic E-state index is 11.5. The number of carbonyl (C=O) groups is 1. The topological polar surface area (TPSA) is 26.3 Å². The Bertz CT molecular complexity index is 231. The van der Waals surface area contributed by atoms with Gasteiger partial charge in [-0.2, -0.15) is 0 Å². The first-order valence-corrected chi connectivity index (χ1v) is 9.49. The summed E-state index contributed by atoms with van der Waals surface area (Å²) in [4.78, 5) is 11.5. The Morgan fingerprint density at radius 3 is 2.05 bits per heavy atom. The van der Waals surface area contributed by atoms with Gasteiger partial charge in [-0.05, 0) is 32.6 Å². The molecule has 2 nitrogen and oxygen atoms in total. The summed E-state index contributed by atoms with van der Waals surface area (Å²) in [6.07, 6.45) is 15.3. The molecule has 1 unspecified atom stereocenters. The molecule has 0 amide bonds. The Morgan fingerprint density at radius 2 is 1.48 bits per heavy atom. The van der Waals surface area contributed by atoms with E-state index in [0.29, 0.717) is 12.3 Å². The fourth-order valence-corrected chi connectivity index (χ4v) is 2.64. The van der Waals surface area contributed by atoms with E-state index in [2.05, 4.69) is 6.92 Å². The number of carbonyl (C=O) groups excluding carboxylic acids is 1. The number of hydrogen-bond acceptors (Lipinski definition) is 2. The minimum atomic E-state index is -0.0662. The molecule has 0 saturated heterocycles. The van der Waals surface area contributed by atoms with E-state index >= 15 is 0 Å². The maximum absolute atomic E-state index is 11.5. The summed E-state index contributed by atoms with van der Waals surface area (Å²) in [7, 11) is 0. The van der Waals surface area contributed by atoms with Crippen LogP contribution in [0.3, 0.4) is 0 Å². The summed E-state index contributed by atoms with van der Waals surface area (Å²) in [6.45, 7) is 4.26. The van der Waals surface area contributed by atoms with Gasteiger partial charge in [0.1, 0.15) is 0 Å². The molecule has 21 heavy (non-hydrogen) atoms. The van der Waals surface area contributed by atoms with Gasteiger partial charge in [0.05, 0.1) is 6.10 Å². The second-order valence-corrected chi connectivity index (χ2v) is 6.44. The van der Waals surface area contributed by atoms with Crippen LogP contribution in [0, 0.1) is 0 Å². The van der Waals surface area contributed by atoms with Crippen LogP contribution in [-0.4, -0.2) is 18.0 Å². The lowest BCUT2D eigenvalue weighted by molar-refractivity contribution is -0.148. The van der Waals surface area contributed by atoms with E-state index < -0.39 is 0 Å². The first kappa shape index (κ1) is 20.8. The molecular formula is C18H35ClO2. The van der Waals surface area contributed by atoms with E-state index in [1.54, 1.807) is 0 Å². The lowest BCUT2D eigenvalue weighted by atomic mass is 10.1. The van der Waals surface area contributed by atoms with Crippen LogP contribution < -0.4 is 0 Å². The normalized spacial score (nSPS) is 12.3. The van der Waals surface area contributed by atoms with Crippen LogP contribution in [0.4, 0.5) is 0 Å². The van der Waals surface area contributed by atoms with Gasteiger partial charge < -0.3 is 4.74 Å². The highest BCUT2D eigenvalue weighted by Gasteiger charge is 2.08. The van der Waals surface area contributed by atoms with Gasteiger partial charge in [0.15, 0.2) is 0 Å². The molecule has 0 rings (SSSR count). The van der Waals surface area contributed by atoms with Crippen LogP contribution >= 0.6 is 11.6 Å². The van der Waals surface area contributed by atoms with E-state index in [9.17, 15) is 4.79 Å². The lowest BCUT2D eigenvalue weighted by Gasteiger charge is -2.13. The molecule has 0 fully saturated rings. The van der Waals surface area contributed by atoms with Crippen molar-refractivity contribution in [3.63, 3.8) is 0 Å². The molecule has 0 N–H and O–H groups in total. The van der Waals surface area contributed by atoms with Crippen molar-refractivity contribution < 1.29 is 9.53 Å². The predicted octanol–water partition coefficient (Wildman–Crippen LogP) is 6.25. The number of alkyl halides is 1. The Morgan fingerprint density at radius 1 is 0.905 bits per heavy atom. The third-order valence-electron chi connectivity index (χ3n) is 3.81. The molecule has 0 aromatic rings. The summed E-state index contributed by atoms with van der Waals surface area (Å²) in [5, 5.41) is 0. The van der Waals surface area contributed by atoms with Crippen LogP contribution in [0.5, 0.6) is 0 Å². The predicted molar refractivity (Wildman–Crippen MR) is 92.0 cm³/mol. The zero-order valence-electron chi connectivity index (χ0n) is 14.2. The van der Waals surface area contributed by atoms with Crippen molar-refractivity contribution in [1.82, 2.24) is 0 Å². The Balaban J connectivity index is 3.29. The van der Waals surface area contributed by atoms with Crippen molar-refractivity contribution in [2.75, 3.05) is 5.88 Å². The van der Waals surface area contributed by atoms with Crippen molar-refractivity contribution in [2.45, 2.75) is 103 Å². The highest BCUT2D eigenvalue weighted by Crippen LogP contribution is 2.13. The second kappa shape index (κ2) is 16.1. The lowest BCUT2D eigenvalue weighted by Crippen LogP contribution is -2.14. The van der Waals surface area contributed by atoms with Gasteiger partial charge in [0.2, 0.25) is 0 Å². The molecule has 126 valence electrons. The van der Waals surface area contributed by atoms with Gasteiger partial charge in [0.25, 0.3) is 0 Å². The van der Waals surface area contributed by atoms with E-state index in [0.717, 1.165) is 19.3 Å². The van der Waals surface area contributed by atoms with Crippen LogP contribution in [-0.2, 0) is 9.53 Å². The van der Waals surface area contributed by atoms with Crippen LogP contribution in [0.1, 0.15) is 97.3 Å². The largest absolute Gasteiger partial charge is 0.463 e. The third kappa shape index (κ3) is 16.0.